The summed E-state index contributed by atoms with van der Waals surface area (Å²) in [5.41, 5.74) is 1.66. The van der Waals surface area contributed by atoms with Gasteiger partial charge in [0.15, 0.2) is 0 Å². The number of hydrogen-bond acceptors (Lipinski definition) is 6. The van der Waals surface area contributed by atoms with Crippen molar-refractivity contribution in [3.8, 4) is 0 Å². The molecule has 2 amide bonds. The number of aromatic nitrogens is 1. The van der Waals surface area contributed by atoms with Gasteiger partial charge >= 0.3 is 0 Å². The molecular weight excluding hydrogens is 460 g/mol. The molecule has 0 aliphatic carbocycles. The maximum Gasteiger partial charge on any atom is 0.266 e. The number of nitrogens with zero attached hydrogens (tertiary/aromatic N) is 3. The quantitative estimate of drug-likeness (QED) is 0.473. The molecule has 33 heavy (non-hydrogen) atoms. The van der Waals surface area contributed by atoms with Crippen LogP contribution in [-0.2, 0) is 19.6 Å². The van der Waals surface area contributed by atoms with E-state index in [4.69, 9.17) is 0 Å². The van der Waals surface area contributed by atoms with Crippen molar-refractivity contribution in [2.75, 3.05) is 27.6 Å². The molecule has 2 heterocycles. The average molecular weight is 479 g/mol. The lowest BCUT2D eigenvalue weighted by Gasteiger charge is -2.31. The zero-order valence-corrected chi connectivity index (χ0v) is 18.8. The van der Waals surface area contributed by atoms with Gasteiger partial charge in [-0.15, -0.1) is 0 Å². The first kappa shape index (κ1) is 21.1. The van der Waals surface area contributed by atoms with Gasteiger partial charge in [0.1, 0.15) is 13.1 Å². The van der Waals surface area contributed by atoms with Crippen LogP contribution in [0.15, 0.2) is 83.8 Å². The first-order valence-corrected chi connectivity index (χ1v) is 12.3. The van der Waals surface area contributed by atoms with E-state index in [-0.39, 0.29) is 22.5 Å². The summed E-state index contributed by atoms with van der Waals surface area (Å²) >= 11 is 1.19. The fourth-order valence-electron chi connectivity index (χ4n) is 3.61. The van der Waals surface area contributed by atoms with Crippen molar-refractivity contribution in [1.82, 2.24) is 4.98 Å². The highest BCUT2D eigenvalue weighted by molar-refractivity contribution is 7.93. The Morgan fingerprint density at radius 3 is 2.48 bits per heavy atom. The molecule has 1 N–H and O–H groups in total. The third kappa shape index (κ3) is 3.94. The molecule has 3 aromatic carbocycles. The molecule has 0 unspecified atom stereocenters. The number of sulfonamides is 1. The SMILES string of the molecule is O=C1CN(C(=O)CN(c2nc3ccccc3s2)S(=O)(=O)c2ccccc2)c2ccccc2N1. The van der Waals surface area contributed by atoms with Gasteiger partial charge in [0.25, 0.3) is 10.0 Å². The lowest BCUT2D eigenvalue weighted by molar-refractivity contribution is -0.121. The predicted molar refractivity (Wildman–Crippen MR) is 128 cm³/mol. The highest BCUT2D eigenvalue weighted by Gasteiger charge is 2.34. The van der Waals surface area contributed by atoms with Gasteiger partial charge in [0, 0.05) is 0 Å². The van der Waals surface area contributed by atoms with E-state index < -0.39 is 22.5 Å². The van der Waals surface area contributed by atoms with Crippen LogP contribution in [0.5, 0.6) is 0 Å². The molecule has 166 valence electrons. The summed E-state index contributed by atoms with van der Waals surface area (Å²) in [6, 6.07) is 22.1. The topological polar surface area (TPSA) is 99.7 Å². The van der Waals surface area contributed by atoms with Gasteiger partial charge in [-0.25, -0.2) is 17.7 Å². The molecule has 0 fully saturated rings. The Labute approximate surface area is 194 Å². The molecule has 1 aliphatic rings. The van der Waals surface area contributed by atoms with Crippen molar-refractivity contribution in [1.29, 1.82) is 0 Å². The van der Waals surface area contributed by atoms with Crippen LogP contribution in [0, 0.1) is 0 Å². The molecule has 0 spiro atoms. The van der Waals surface area contributed by atoms with Crippen LogP contribution in [0.1, 0.15) is 0 Å². The number of carbonyl (C=O) groups excluding carboxylic acids is 2. The summed E-state index contributed by atoms with van der Waals surface area (Å²) in [5, 5.41) is 2.91. The largest absolute Gasteiger partial charge is 0.323 e. The lowest BCUT2D eigenvalue weighted by Crippen LogP contribution is -2.48. The van der Waals surface area contributed by atoms with E-state index in [1.807, 2.05) is 18.2 Å². The van der Waals surface area contributed by atoms with Gasteiger partial charge in [0.05, 0.1) is 26.5 Å². The van der Waals surface area contributed by atoms with Crippen molar-refractivity contribution >= 4 is 59.9 Å². The van der Waals surface area contributed by atoms with E-state index in [1.165, 1.54) is 28.4 Å². The number of rotatable bonds is 5. The summed E-state index contributed by atoms with van der Waals surface area (Å²) < 4.78 is 29.0. The number of anilines is 3. The Morgan fingerprint density at radius 2 is 1.70 bits per heavy atom. The minimum absolute atomic E-state index is 0.0499. The number of hydrogen-bond donors (Lipinski definition) is 1. The van der Waals surface area contributed by atoms with E-state index in [0.717, 1.165) is 9.01 Å². The highest BCUT2D eigenvalue weighted by Crippen LogP contribution is 2.33. The van der Waals surface area contributed by atoms with Crippen LogP contribution >= 0.6 is 11.3 Å². The van der Waals surface area contributed by atoms with Crippen molar-refractivity contribution in [3.63, 3.8) is 0 Å². The van der Waals surface area contributed by atoms with Gasteiger partial charge in [0.2, 0.25) is 16.9 Å². The molecule has 0 saturated carbocycles. The molecular formula is C23H18N4O4S2. The number of carbonyl (C=O) groups is 2. The number of fused-ring (bicyclic) bond motifs is 2. The molecule has 8 nitrogen and oxygen atoms in total. The van der Waals surface area contributed by atoms with Crippen LogP contribution in [0.2, 0.25) is 0 Å². The zero-order chi connectivity index (χ0) is 23.0. The number of amides is 2. The Hall–Kier alpha value is -3.76. The number of thiazole rings is 1. The summed E-state index contributed by atoms with van der Waals surface area (Å²) in [7, 11) is -4.09. The molecule has 1 aliphatic heterocycles. The highest BCUT2D eigenvalue weighted by atomic mass is 32.2. The molecule has 1 aromatic heterocycles. The molecule has 0 bridgehead atoms. The third-order valence-electron chi connectivity index (χ3n) is 5.18. The van der Waals surface area contributed by atoms with Gasteiger partial charge < -0.3 is 5.32 Å². The van der Waals surface area contributed by atoms with Crippen molar-refractivity contribution in [2.24, 2.45) is 0 Å². The van der Waals surface area contributed by atoms with Crippen LogP contribution in [0.25, 0.3) is 10.2 Å². The Balaban J connectivity index is 1.57. The van der Waals surface area contributed by atoms with Crippen LogP contribution < -0.4 is 14.5 Å². The fraction of sp³-hybridized carbons (Fsp3) is 0.0870. The smallest absolute Gasteiger partial charge is 0.266 e. The van der Waals surface area contributed by atoms with Gasteiger partial charge in [-0.05, 0) is 36.4 Å². The van der Waals surface area contributed by atoms with Crippen molar-refractivity contribution < 1.29 is 18.0 Å². The Bertz CT molecular complexity index is 1440. The minimum Gasteiger partial charge on any atom is -0.323 e. The third-order valence-corrected chi connectivity index (χ3v) is 8.10. The van der Waals surface area contributed by atoms with E-state index >= 15 is 0 Å². The summed E-state index contributed by atoms with van der Waals surface area (Å²) in [5.74, 6) is -0.879. The summed E-state index contributed by atoms with van der Waals surface area (Å²) in [6.45, 7) is -0.701. The molecule has 4 aromatic rings. The fourth-order valence-corrected chi connectivity index (χ4v) is 6.17. The van der Waals surface area contributed by atoms with E-state index in [2.05, 4.69) is 10.3 Å². The van der Waals surface area contributed by atoms with Gasteiger partial charge in [-0.3, -0.25) is 14.5 Å². The Kier molecular flexibility index (Phi) is 5.31. The van der Waals surface area contributed by atoms with Crippen molar-refractivity contribution in [2.45, 2.75) is 4.90 Å². The maximum absolute atomic E-state index is 13.6. The second-order valence-electron chi connectivity index (χ2n) is 7.33. The zero-order valence-electron chi connectivity index (χ0n) is 17.2. The maximum atomic E-state index is 13.6. The second-order valence-corrected chi connectivity index (χ2v) is 10.2. The van der Waals surface area contributed by atoms with E-state index in [0.29, 0.717) is 16.9 Å². The molecule has 5 rings (SSSR count). The minimum atomic E-state index is -4.09. The Morgan fingerprint density at radius 1 is 1.00 bits per heavy atom. The van der Waals surface area contributed by atoms with Crippen molar-refractivity contribution in [3.05, 3.63) is 78.9 Å². The van der Waals surface area contributed by atoms with Crippen LogP contribution in [0.3, 0.4) is 0 Å². The summed E-state index contributed by atoms with van der Waals surface area (Å²) in [4.78, 5) is 31.4. The second kappa shape index (κ2) is 8.30. The lowest BCUT2D eigenvalue weighted by atomic mass is 10.2. The van der Waals surface area contributed by atoms with E-state index in [1.54, 1.807) is 48.5 Å². The van der Waals surface area contributed by atoms with Gasteiger partial charge in [-0.1, -0.05) is 53.8 Å². The monoisotopic (exact) mass is 478 g/mol. The molecule has 0 radical (unpaired) electrons. The normalized spacial score (nSPS) is 13.5. The molecule has 0 atom stereocenters. The van der Waals surface area contributed by atoms with Crippen LogP contribution in [0.4, 0.5) is 16.5 Å². The first-order valence-electron chi connectivity index (χ1n) is 10.1. The molecule has 10 heteroatoms. The number of benzene rings is 3. The van der Waals surface area contributed by atoms with E-state index in [9.17, 15) is 18.0 Å². The average Bonchev–Trinajstić information content (AvgIpc) is 3.26. The standard InChI is InChI=1S/C23H18N4O4S2/c28-21-14-26(19-12-6-4-10-17(19)24-21)22(29)15-27(33(30,31)16-8-2-1-3-9-16)23-25-18-11-5-7-13-20(18)32-23/h1-13H,14-15H2,(H,24,28). The van der Waals surface area contributed by atoms with Gasteiger partial charge in [-0.2, -0.15) is 0 Å². The molecule has 0 saturated heterocycles. The number of nitrogens with one attached hydrogen (secondary N) is 1. The predicted octanol–water partition coefficient (Wildman–Crippen LogP) is 3.48. The van der Waals surface area contributed by atoms with Crippen LogP contribution in [-0.4, -0.2) is 38.3 Å². The first-order chi connectivity index (χ1) is 15.9. The number of para-hydroxylation sites is 3. The summed E-state index contributed by atoms with van der Waals surface area (Å²) in [6.07, 6.45) is 0.